The standard InChI is InChI=1S/2C12H9NO3.2C4H9.Sn/c2*1-2-9-4-3-5-10(8-9)13-11(14)6-7-12(15)16;2*1-3-4-2;/h2*1,3-8H,(H,13,14)(H,15,16);2*1,3-4H2,2H3;/q;;;;+2/p-2/b2*7-6+;;;. The average Bonchev–Trinajstić information content (AvgIpc) is 2.97. The molecule has 0 saturated carbocycles. The van der Waals surface area contributed by atoms with Gasteiger partial charge in [0, 0.05) is 0 Å². The zero-order valence-electron chi connectivity index (χ0n) is 23.3. The molecular formula is C32H34N2O6Sn. The summed E-state index contributed by atoms with van der Waals surface area (Å²) in [6.07, 6.45) is 17.9. The number of benzene rings is 2. The molecule has 0 aliphatic heterocycles. The molecule has 0 unspecified atom stereocenters. The van der Waals surface area contributed by atoms with Gasteiger partial charge in [0.1, 0.15) is 0 Å². The molecule has 0 spiro atoms. The molecule has 0 saturated heterocycles. The van der Waals surface area contributed by atoms with Gasteiger partial charge in [0.25, 0.3) is 0 Å². The van der Waals surface area contributed by atoms with Crippen molar-refractivity contribution in [2.45, 2.75) is 48.4 Å². The number of nitrogens with one attached hydrogen (secondary N) is 2. The van der Waals surface area contributed by atoms with Crippen LogP contribution in [0.5, 0.6) is 0 Å². The summed E-state index contributed by atoms with van der Waals surface area (Å²) in [5.41, 5.74) is 2.17. The van der Waals surface area contributed by atoms with Crippen LogP contribution in [0, 0.1) is 24.7 Å². The van der Waals surface area contributed by atoms with Gasteiger partial charge in [-0.3, -0.25) is 0 Å². The Morgan fingerprint density at radius 3 is 1.51 bits per heavy atom. The van der Waals surface area contributed by atoms with Crippen molar-refractivity contribution in [1.82, 2.24) is 0 Å². The van der Waals surface area contributed by atoms with Gasteiger partial charge in [-0.05, 0) is 0 Å². The third kappa shape index (κ3) is 12.2. The fourth-order valence-corrected chi connectivity index (χ4v) is 13.3. The summed E-state index contributed by atoms with van der Waals surface area (Å²) >= 11 is -4.32. The van der Waals surface area contributed by atoms with Crippen LogP contribution in [0.4, 0.5) is 11.4 Å². The van der Waals surface area contributed by atoms with Gasteiger partial charge >= 0.3 is 247 Å². The van der Waals surface area contributed by atoms with E-state index in [0.717, 1.165) is 37.1 Å². The molecule has 2 N–H and O–H groups in total. The zero-order valence-corrected chi connectivity index (χ0v) is 26.1. The molecule has 0 radical (unpaired) electrons. The fraction of sp³-hybridized carbons (Fsp3) is 0.250. The van der Waals surface area contributed by atoms with Crippen molar-refractivity contribution >= 4 is 54.3 Å². The Morgan fingerprint density at radius 2 is 1.15 bits per heavy atom. The van der Waals surface area contributed by atoms with E-state index in [4.69, 9.17) is 19.0 Å². The molecule has 0 heterocycles. The Bertz CT molecular complexity index is 1280. The molecule has 2 rings (SSSR count). The van der Waals surface area contributed by atoms with Crippen LogP contribution in [-0.2, 0) is 25.3 Å². The third-order valence-electron chi connectivity index (χ3n) is 5.73. The van der Waals surface area contributed by atoms with Gasteiger partial charge in [-0.15, -0.1) is 0 Å². The van der Waals surface area contributed by atoms with Gasteiger partial charge in [0.05, 0.1) is 0 Å². The number of carbonyl (C=O) groups excluding carboxylic acids is 4. The van der Waals surface area contributed by atoms with Crippen molar-refractivity contribution in [3.63, 3.8) is 0 Å². The molecule has 0 aromatic heterocycles. The fourth-order valence-electron chi connectivity index (χ4n) is 3.71. The van der Waals surface area contributed by atoms with Gasteiger partial charge < -0.3 is 0 Å². The summed E-state index contributed by atoms with van der Waals surface area (Å²) in [5.74, 6) is 2.36. The molecule has 0 atom stereocenters. The monoisotopic (exact) mass is 662 g/mol. The van der Waals surface area contributed by atoms with Crippen molar-refractivity contribution in [2.24, 2.45) is 0 Å². The number of amides is 2. The predicted octanol–water partition coefficient (Wildman–Crippen LogP) is 5.47. The van der Waals surface area contributed by atoms with Crippen molar-refractivity contribution in [1.29, 1.82) is 0 Å². The van der Waals surface area contributed by atoms with Crippen LogP contribution in [0.25, 0.3) is 0 Å². The molecule has 8 nitrogen and oxygen atoms in total. The molecule has 0 aliphatic carbocycles. The van der Waals surface area contributed by atoms with E-state index in [2.05, 4.69) is 22.5 Å². The predicted molar refractivity (Wildman–Crippen MR) is 162 cm³/mol. The van der Waals surface area contributed by atoms with E-state index in [0.29, 0.717) is 44.2 Å². The SMILES string of the molecule is C#Cc1cccc(NC(=O)/C=C/C(=O)[O][Sn]([CH2]CCC)([CH2]CCC)[O]C(=O)/C=C/C(=O)Nc2cccc(C#C)c2)c1. The van der Waals surface area contributed by atoms with Crippen molar-refractivity contribution < 1.29 is 25.3 Å². The Balaban J connectivity index is 2.10. The Kier molecular flexibility index (Phi) is 14.0. The first-order chi connectivity index (χ1) is 19.7. The molecule has 212 valence electrons. The quantitative estimate of drug-likeness (QED) is 0.158. The van der Waals surface area contributed by atoms with Gasteiger partial charge in [0.2, 0.25) is 0 Å². The number of hydrogen-bond acceptors (Lipinski definition) is 6. The van der Waals surface area contributed by atoms with Gasteiger partial charge in [-0.2, -0.15) is 0 Å². The number of terminal acetylenes is 2. The van der Waals surface area contributed by atoms with E-state index >= 15 is 0 Å². The summed E-state index contributed by atoms with van der Waals surface area (Å²) in [7, 11) is 0. The van der Waals surface area contributed by atoms with Crippen LogP contribution in [0.3, 0.4) is 0 Å². The Labute approximate surface area is 246 Å². The van der Waals surface area contributed by atoms with E-state index < -0.39 is 43.0 Å². The van der Waals surface area contributed by atoms with E-state index in [1.54, 1.807) is 48.5 Å². The number of hydrogen-bond donors (Lipinski definition) is 2. The maximum atomic E-state index is 12.8. The minimum absolute atomic E-state index is 0.459. The van der Waals surface area contributed by atoms with Crippen molar-refractivity contribution in [2.75, 3.05) is 10.6 Å². The van der Waals surface area contributed by atoms with Crippen LogP contribution in [0.2, 0.25) is 8.87 Å². The summed E-state index contributed by atoms with van der Waals surface area (Å²) in [4.78, 5) is 50.3. The van der Waals surface area contributed by atoms with Gasteiger partial charge in [-0.25, -0.2) is 0 Å². The first kappa shape index (κ1) is 32.9. The van der Waals surface area contributed by atoms with Crippen molar-refractivity contribution in [3.05, 3.63) is 84.0 Å². The second kappa shape index (κ2) is 17.4. The van der Waals surface area contributed by atoms with Crippen LogP contribution in [0.15, 0.2) is 72.8 Å². The molecule has 41 heavy (non-hydrogen) atoms. The Morgan fingerprint density at radius 1 is 0.732 bits per heavy atom. The second-order valence-electron chi connectivity index (χ2n) is 9.06. The van der Waals surface area contributed by atoms with Gasteiger partial charge in [0.15, 0.2) is 0 Å². The summed E-state index contributed by atoms with van der Waals surface area (Å²) in [6, 6.07) is 13.5. The average molecular weight is 661 g/mol. The second-order valence-corrected chi connectivity index (χ2v) is 18.3. The molecule has 2 aromatic carbocycles. The number of rotatable bonds is 14. The molecule has 0 bridgehead atoms. The van der Waals surface area contributed by atoms with E-state index in [1.165, 1.54) is 0 Å². The maximum absolute atomic E-state index is 12.8. The van der Waals surface area contributed by atoms with Crippen LogP contribution in [0.1, 0.15) is 50.7 Å². The molecule has 0 fully saturated rings. The summed E-state index contributed by atoms with van der Waals surface area (Å²) in [6.45, 7) is 3.97. The molecule has 2 amide bonds. The van der Waals surface area contributed by atoms with Gasteiger partial charge in [-0.1, -0.05) is 0 Å². The van der Waals surface area contributed by atoms with E-state index in [9.17, 15) is 19.2 Å². The third-order valence-corrected chi connectivity index (χ3v) is 15.4. The van der Waals surface area contributed by atoms with E-state index in [-0.39, 0.29) is 0 Å². The zero-order chi connectivity index (χ0) is 30.1. The molecule has 0 aliphatic rings. The van der Waals surface area contributed by atoms with Crippen LogP contribution < -0.4 is 10.6 Å². The molecular weight excluding hydrogens is 627 g/mol. The number of unbranched alkanes of at least 4 members (excludes halogenated alkanes) is 2. The molecule has 2 aromatic rings. The topological polar surface area (TPSA) is 111 Å². The summed E-state index contributed by atoms with van der Waals surface area (Å²) in [5, 5.41) is 5.27. The summed E-state index contributed by atoms with van der Waals surface area (Å²) < 4.78 is 12.6. The number of anilines is 2. The normalized spacial score (nSPS) is 10.9. The van der Waals surface area contributed by atoms with Crippen LogP contribution >= 0.6 is 0 Å². The van der Waals surface area contributed by atoms with Crippen molar-refractivity contribution in [3.8, 4) is 24.7 Å². The first-order valence-electron chi connectivity index (χ1n) is 13.3. The number of carbonyl (C=O) groups is 4. The van der Waals surface area contributed by atoms with E-state index in [1.807, 2.05) is 13.8 Å². The minimum atomic E-state index is -4.32. The Hall–Kier alpha value is -4.28. The molecule has 9 heteroatoms. The first-order valence-corrected chi connectivity index (χ1v) is 19.7. The van der Waals surface area contributed by atoms with Crippen LogP contribution in [-0.4, -0.2) is 43.0 Å².